The maximum absolute atomic E-state index is 11.5. The van der Waals surface area contributed by atoms with Gasteiger partial charge in [0.15, 0.2) is 0 Å². The highest BCUT2D eigenvalue weighted by Crippen LogP contribution is 2.27. The number of carbonyl (C=O) groups is 1. The fourth-order valence-corrected chi connectivity index (χ4v) is 1.40. The molecule has 3 N–H and O–H groups in total. The van der Waals surface area contributed by atoms with Gasteiger partial charge in [-0.15, -0.1) is 0 Å². The molecule has 1 amide bonds. The molecule has 1 aromatic rings. The van der Waals surface area contributed by atoms with Crippen LogP contribution >= 0.6 is 11.6 Å². The molecule has 1 aromatic carbocycles. The number of amides is 1. The van der Waals surface area contributed by atoms with Crippen molar-refractivity contribution in [1.82, 2.24) is 0 Å². The quantitative estimate of drug-likeness (QED) is 0.636. The molecule has 0 aliphatic rings. The van der Waals surface area contributed by atoms with E-state index < -0.39 is 11.0 Å². The highest BCUT2D eigenvalue weighted by Gasteiger charge is 2.15. The molecule has 0 aliphatic carbocycles. The number of halogens is 1. The molecule has 0 heterocycles. The predicted octanol–water partition coefficient (Wildman–Crippen LogP) is 1.92. The molecule has 0 unspecified atom stereocenters. The molecular formula is C10H12ClN3O3. The number of nitrogens with two attached hydrogens (primary N) is 1. The summed E-state index contributed by atoms with van der Waals surface area (Å²) in [6, 6.07) is 3.35. The number of nitrogens with one attached hydrogen (secondary N) is 1. The van der Waals surface area contributed by atoms with Crippen molar-refractivity contribution in [2.45, 2.75) is 19.4 Å². The van der Waals surface area contributed by atoms with Crippen molar-refractivity contribution in [1.29, 1.82) is 0 Å². The van der Waals surface area contributed by atoms with Crippen LogP contribution in [0.1, 0.15) is 13.3 Å². The van der Waals surface area contributed by atoms with Gasteiger partial charge < -0.3 is 11.1 Å². The van der Waals surface area contributed by atoms with Crippen LogP contribution in [0.5, 0.6) is 0 Å². The fourth-order valence-electron chi connectivity index (χ4n) is 1.15. The number of anilines is 1. The molecular weight excluding hydrogens is 246 g/mol. The van der Waals surface area contributed by atoms with E-state index >= 15 is 0 Å². The van der Waals surface area contributed by atoms with E-state index in [1.807, 2.05) is 0 Å². The number of hydrogen-bond donors (Lipinski definition) is 2. The van der Waals surface area contributed by atoms with Gasteiger partial charge in [-0.25, -0.2) is 0 Å². The Kier molecular flexibility index (Phi) is 4.42. The maximum Gasteiger partial charge on any atom is 0.288 e. The molecule has 1 atom stereocenters. The highest BCUT2D eigenvalue weighted by atomic mass is 35.5. The van der Waals surface area contributed by atoms with Gasteiger partial charge in [0.2, 0.25) is 5.91 Å². The molecule has 1 rings (SSSR count). The summed E-state index contributed by atoms with van der Waals surface area (Å²) in [5.41, 5.74) is 5.71. The summed E-state index contributed by atoms with van der Waals surface area (Å²) in [7, 11) is 0. The smallest absolute Gasteiger partial charge is 0.288 e. The summed E-state index contributed by atoms with van der Waals surface area (Å²) >= 11 is 5.70. The number of nitrogens with zero attached hydrogens (tertiary/aromatic N) is 1. The SMILES string of the molecule is CC[C@@H](N)C(=O)Nc1ccc([N+](=O)[O-])c(Cl)c1. The molecule has 0 saturated heterocycles. The molecule has 92 valence electrons. The Hall–Kier alpha value is -1.66. The first-order valence-corrected chi connectivity index (χ1v) is 5.34. The Morgan fingerprint density at radius 3 is 2.76 bits per heavy atom. The average Bonchev–Trinajstić information content (AvgIpc) is 2.27. The van der Waals surface area contributed by atoms with E-state index in [0.29, 0.717) is 12.1 Å². The lowest BCUT2D eigenvalue weighted by molar-refractivity contribution is -0.384. The van der Waals surface area contributed by atoms with E-state index in [9.17, 15) is 14.9 Å². The van der Waals surface area contributed by atoms with E-state index in [4.69, 9.17) is 17.3 Å². The third-order valence-electron chi connectivity index (χ3n) is 2.19. The van der Waals surface area contributed by atoms with Crippen LogP contribution in [0.4, 0.5) is 11.4 Å². The van der Waals surface area contributed by atoms with Crippen LogP contribution in [-0.4, -0.2) is 16.9 Å². The predicted molar refractivity (Wildman–Crippen MR) is 65.0 cm³/mol. The Morgan fingerprint density at radius 1 is 1.65 bits per heavy atom. The minimum atomic E-state index is -0.607. The second kappa shape index (κ2) is 5.60. The topological polar surface area (TPSA) is 98.3 Å². The van der Waals surface area contributed by atoms with Crippen molar-refractivity contribution in [2.75, 3.05) is 5.32 Å². The van der Waals surface area contributed by atoms with Crippen molar-refractivity contribution in [2.24, 2.45) is 5.73 Å². The van der Waals surface area contributed by atoms with Gasteiger partial charge in [-0.3, -0.25) is 14.9 Å². The standard InChI is InChI=1S/C10H12ClN3O3/c1-2-8(12)10(15)13-6-3-4-9(14(16)17)7(11)5-6/h3-5,8H,2,12H2,1H3,(H,13,15)/t8-/m1/s1. The first kappa shape index (κ1) is 13.4. The average molecular weight is 258 g/mol. The van der Waals surface area contributed by atoms with E-state index in [1.54, 1.807) is 6.92 Å². The zero-order valence-corrected chi connectivity index (χ0v) is 9.90. The van der Waals surface area contributed by atoms with Gasteiger partial charge >= 0.3 is 0 Å². The van der Waals surface area contributed by atoms with E-state index in [0.717, 1.165) is 0 Å². The number of benzene rings is 1. The third-order valence-corrected chi connectivity index (χ3v) is 2.49. The van der Waals surface area contributed by atoms with Crippen LogP contribution in [-0.2, 0) is 4.79 Å². The van der Waals surface area contributed by atoms with Crippen molar-refractivity contribution in [3.8, 4) is 0 Å². The summed E-state index contributed by atoms with van der Waals surface area (Å²) in [5, 5.41) is 13.0. The highest BCUT2D eigenvalue weighted by molar-refractivity contribution is 6.33. The fraction of sp³-hybridized carbons (Fsp3) is 0.300. The van der Waals surface area contributed by atoms with Crippen LogP contribution in [0.25, 0.3) is 0 Å². The van der Waals surface area contributed by atoms with Crippen molar-refractivity contribution in [3.05, 3.63) is 33.3 Å². The minimum Gasteiger partial charge on any atom is -0.325 e. The second-order valence-corrected chi connectivity index (χ2v) is 3.83. The van der Waals surface area contributed by atoms with Crippen LogP contribution in [0, 0.1) is 10.1 Å². The normalized spacial score (nSPS) is 11.9. The molecule has 17 heavy (non-hydrogen) atoms. The Balaban J connectivity index is 2.84. The van der Waals surface area contributed by atoms with Gasteiger partial charge in [-0.2, -0.15) is 0 Å². The first-order chi connectivity index (χ1) is 7.95. The lowest BCUT2D eigenvalue weighted by Gasteiger charge is -2.10. The van der Waals surface area contributed by atoms with E-state index in [2.05, 4.69) is 5.32 Å². The molecule has 6 nitrogen and oxygen atoms in total. The lowest BCUT2D eigenvalue weighted by atomic mass is 10.2. The monoisotopic (exact) mass is 257 g/mol. The zero-order chi connectivity index (χ0) is 13.0. The molecule has 0 aromatic heterocycles. The van der Waals surface area contributed by atoms with Gasteiger partial charge in [0, 0.05) is 11.8 Å². The van der Waals surface area contributed by atoms with Crippen LogP contribution < -0.4 is 11.1 Å². The molecule has 7 heteroatoms. The van der Waals surface area contributed by atoms with Crippen LogP contribution in [0.3, 0.4) is 0 Å². The summed E-state index contributed by atoms with van der Waals surface area (Å²) in [6.45, 7) is 1.78. The maximum atomic E-state index is 11.5. The van der Waals surface area contributed by atoms with Crippen LogP contribution in [0.15, 0.2) is 18.2 Å². The summed E-state index contributed by atoms with van der Waals surface area (Å²) in [6.07, 6.45) is 0.506. The Labute approximate surface area is 103 Å². The first-order valence-electron chi connectivity index (χ1n) is 4.96. The molecule has 0 fully saturated rings. The number of nitro groups is 1. The van der Waals surface area contributed by atoms with Crippen LogP contribution in [0.2, 0.25) is 5.02 Å². The second-order valence-electron chi connectivity index (χ2n) is 3.43. The van der Waals surface area contributed by atoms with E-state index in [-0.39, 0.29) is 16.6 Å². The number of hydrogen-bond acceptors (Lipinski definition) is 4. The molecule has 0 saturated carbocycles. The van der Waals surface area contributed by atoms with E-state index in [1.165, 1.54) is 18.2 Å². The number of rotatable bonds is 4. The Bertz CT molecular complexity index is 450. The summed E-state index contributed by atoms with van der Waals surface area (Å²) in [5.74, 6) is -0.350. The van der Waals surface area contributed by atoms with Gasteiger partial charge in [0.05, 0.1) is 11.0 Å². The lowest BCUT2D eigenvalue weighted by Crippen LogP contribution is -2.34. The molecule has 0 spiro atoms. The van der Waals surface area contributed by atoms with Gasteiger partial charge in [-0.1, -0.05) is 18.5 Å². The zero-order valence-electron chi connectivity index (χ0n) is 9.14. The molecule has 0 aliphatic heterocycles. The van der Waals surface area contributed by atoms with Gasteiger partial charge in [-0.05, 0) is 18.6 Å². The number of carbonyl (C=O) groups excluding carboxylic acids is 1. The van der Waals surface area contributed by atoms with Crippen molar-refractivity contribution >= 4 is 28.9 Å². The van der Waals surface area contributed by atoms with Gasteiger partial charge in [0.1, 0.15) is 5.02 Å². The Morgan fingerprint density at radius 2 is 2.29 bits per heavy atom. The van der Waals surface area contributed by atoms with Crippen molar-refractivity contribution in [3.63, 3.8) is 0 Å². The molecule has 0 radical (unpaired) electrons. The molecule has 0 bridgehead atoms. The summed E-state index contributed by atoms with van der Waals surface area (Å²) < 4.78 is 0. The minimum absolute atomic E-state index is 0.0298. The summed E-state index contributed by atoms with van der Waals surface area (Å²) in [4.78, 5) is 21.4. The third kappa shape index (κ3) is 3.40. The van der Waals surface area contributed by atoms with Gasteiger partial charge in [0.25, 0.3) is 5.69 Å². The largest absolute Gasteiger partial charge is 0.325 e. The number of nitro benzene ring substituents is 1. The van der Waals surface area contributed by atoms with Crippen molar-refractivity contribution < 1.29 is 9.72 Å².